The lowest BCUT2D eigenvalue weighted by atomic mass is 10.1. The standard InChI is InChI=1S/C21H26N8O2/c22-19-17-18(15-11-14-8-9-23-20(14)24-12-15)27-29(21(17)26-13-25-19)10-6-4-2-1-3-5-7-16(30)28-31/h8-9,11-13,31H,1-7,10H2,(H,23,24)(H,28,30)(H2,22,25,26). The van der Waals surface area contributed by atoms with Gasteiger partial charge in [0.2, 0.25) is 5.91 Å². The number of fused-ring (bicyclic) bond motifs is 2. The van der Waals surface area contributed by atoms with Crippen molar-refractivity contribution in [2.24, 2.45) is 0 Å². The van der Waals surface area contributed by atoms with E-state index >= 15 is 0 Å². The van der Waals surface area contributed by atoms with Gasteiger partial charge in [-0.05, 0) is 25.0 Å². The molecule has 0 radical (unpaired) electrons. The van der Waals surface area contributed by atoms with Gasteiger partial charge in [-0.2, -0.15) is 5.10 Å². The largest absolute Gasteiger partial charge is 0.383 e. The van der Waals surface area contributed by atoms with Gasteiger partial charge < -0.3 is 10.7 Å². The van der Waals surface area contributed by atoms with E-state index in [1.54, 1.807) is 11.7 Å². The number of amides is 1. The summed E-state index contributed by atoms with van der Waals surface area (Å²) in [7, 11) is 0. The summed E-state index contributed by atoms with van der Waals surface area (Å²) < 4.78 is 1.90. The first kappa shape index (κ1) is 20.7. The van der Waals surface area contributed by atoms with E-state index in [0.717, 1.165) is 78.4 Å². The van der Waals surface area contributed by atoms with Gasteiger partial charge in [0.15, 0.2) is 5.65 Å². The molecule has 0 bridgehead atoms. The predicted octanol–water partition coefficient (Wildman–Crippen LogP) is 3.19. The minimum absolute atomic E-state index is 0.325. The van der Waals surface area contributed by atoms with E-state index in [2.05, 4.69) is 19.9 Å². The highest BCUT2D eigenvalue weighted by Gasteiger charge is 2.17. The normalized spacial score (nSPS) is 11.4. The number of aromatic nitrogens is 6. The van der Waals surface area contributed by atoms with E-state index in [4.69, 9.17) is 16.0 Å². The maximum absolute atomic E-state index is 11.0. The highest BCUT2D eigenvalue weighted by Crippen LogP contribution is 2.31. The molecule has 10 nitrogen and oxygen atoms in total. The molecule has 0 aliphatic heterocycles. The fourth-order valence-electron chi connectivity index (χ4n) is 3.77. The Morgan fingerprint density at radius 1 is 1.13 bits per heavy atom. The Labute approximate surface area is 178 Å². The highest BCUT2D eigenvalue weighted by atomic mass is 16.5. The van der Waals surface area contributed by atoms with Crippen molar-refractivity contribution >= 4 is 33.8 Å². The number of hydroxylamine groups is 1. The number of nitrogens with one attached hydrogen (secondary N) is 2. The molecule has 0 spiro atoms. The summed E-state index contributed by atoms with van der Waals surface area (Å²) in [5.74, 6) is 0.0841. The van der Waals surface area contributed by atoms with Crippen LogP contribution in [0.3, 0.4) is 0 Å². The van der Waals surface area contributed by atoms with Crippen LogP contribution in [0.4, 0.5) is 5.82 Å². The first-order valence-electron chi connectivity index (χ1n) is 10.5. The topological polar surface area (TPSA) is 148 Å². The monoisotopic (exact) mass is 422 g/mol. The van der Waals surface area contributed by atoms with E-state index in [0.29, 0.717) is 12.2 Å². The molecule has 31 heavy (non-hydrogen) atoms. The van der Waals surface area contributed by atoms with Crippen molar-refractivity contribution in [2.45, 2.75) is 51.5 Å². The van der Waals surface area contributed by atoms with Crippen LogP contribution < -0.4 is 11.2 Å². The second-order valence-corrected chi connectivity index (χ2v) is 7.58. The minimum Gasteiger partial charge on any atom is -0.383 e. The lowest BCUT2D eigenvalue weighted by Gasteiger charge is -2.04. The summed E-state index contributed by atoms with van der Waals surface area (Å²) in [6.45, 7) is 0.736. The van der Waals surface area contributed by atoms with Gasteiger partial charge in [-0.3, -0.25) is 10.0 Å². The molecule has 0 aromatic carbocycles. The third kappa shape index (κ3) is 4.64. The van der Waals surface area contributed by atoms with Crippen LogP contribution in [0.15, 0.2) is 30.9 Å². The van der Waals surface area contributed by atoms with Crippen LogP contribution in [0.25, 0.3) is 33.3 Å². The lowest BCUT2D eigenvalue weighted by Crippen LogP contribution is -2.17. The first-order chi connectivity index (χ1) is 15.2. The predicted molar refractivity (Wildman–Crippen MR) is 117 cm³/mol. The van der Waals surface area contributed by atoms with Gasteiger partial charge >= 0.3 is 0 Å². The first-order valence-corrected chi connectivity index (χ1v) is 10.5. The molecule has 0 unspecified atom stereocenters. The van der Waals surface area contributed by atoms with Gasteiger partial charge in [-0.1, -0.05) is 25.7 Å². The summed E-state index contributed by atoms with van der Waals surface area (Å²) in [4.78, 5) is 27.1. The Bertz CT molecular complexity index is 1180. The van der Waals surface area contributed by atoms with Crippen molar-refractivity contribution in [2.75, 3.05) is 5.73 Å². The number of aromatic amines is 1. The van der Waals surface area contributed by atoms with Crippen LogP contribution in [0.5, 0.6) is 0 Å². The average Bonchev–Trinajstić information content (AvgIpc) is 3.40. The molecule has 0 saturated heterocycles. The maximum atomic E-state index is 11.0. The number of anilines is 1. The van der Waals surface area contributed by atoms with Gasteiger partial charge in [0.25, 0.3) is 0 Å². The SMILES string of the molecule is Nc1ncnc2c1c(-c1cnc3[nH]ccc3c1)nn2CCCCCCCCC(=O)NO. The molecule has 0 aliphatic rings. The Balaban J connectivity index is 1.42. The van der Waals surface area contributed by atoms with E-state index in [1.165, 1.54) is 6.33 Å². The molecule has 0 atom stereocenters. The summed E-state index contributed by atoms with van der Waals surface area (Å²) in [5, 5.41) is 15.1. The Morgan fingerprint density at radius 3 is 2.77 bits per heavy atom. The van der Waals surface area contributed by atoms with E-state index in [-0.39, 0.29) is 5.91 Å². The van der Waals surface area contributed by atoms with Crippen molar-refractivity contribution in [1.82, 2.24) is 35.2 Å². The number of H-pyrrole nitrogens is 1. The van der Waals surface area contributed by atoms with Gasteiger partial charge in [0.1, 0.15) is 23.5 Å². The molecule has 10 heteroatoms. The summed E-state index contributed by atoms with van der Waals surface area (Å²) >= 11 is 0. The number of nitrogens with two attached hydrogens (primary N) is 1. The number of pyridine rings is 1. The van der Waals surface area contributed by atoms with Crippen molar-refractivity contribution < 1.29 is 10.0 Å². The van der Waals surface area contributed by atoms with Crippen molar-refractivity contribution in [3.63, 3.8) is 0 Å². The molecule has 4 heterocycles. The summed E-state index contributed by atoms with van der Waals surface area (Å²) in [6.07, 6.45) is 11.4. The Kier molecular flexibility index (Phi) is 6.37. The second kappa shape index (κ2) is 9.52. The number of rotatable bonds is 10. The summed E-state index contributed by atoms with van der Waals surface area (Å²) in [6, 6.07) is 4.01. The average molecular weight is 422 g/mol. The summed E-state index contributed by atoms with van der Waals surface area (Å²) in [5.41, 5.74) is 11.0. The van der Waals surface area contributed by atoms with E-state index in [1.807, 2.05) is 23.0 Å². The van der Waals surface area contributed by atoms with Crippen molar-refractivity contribution in [1.29, 1.82) is 0 Å². The van der Waals surface area contributed by atoms with E-state index < -0.39 is 0 Å². The molecular formula is C21H26N8O2. The van der Waals surface area contributed by atoms with Crippen LogP contribution in [-0.4, -0.2) is 40.8 Å². The van der Waals surface area contributed by atoms with Crippen molar-refractivity contribution in [3.8, 4) is 11.3 Å². The molecule has 1 amide bonds. The second-order valence-electron chi connectivity index (χ2n) is 7.58. The van der Waals surface area contributed by atoms with Crippen LogP contribution >= 0.6 is 0 Å². The van der Waals surface area contributed by atoms with Gasteiger partial charge in [0, 0.05) is 36.3 Å². The third-order valence-corrected chi connectivity index (χ3v) is 5.38. The molecule has 4 rings (SSSR count). The number of carbonyl (C=O) groups excluding carboxylic acids is 1. The number of carbonyl (C=O) groups is 1. The quantitative estimate of drug-likeness (QED) is 0.174. The highest BCUT2D eigenvalue weighted by molar-refractivity contribution is 5.99. The minimum atomic E-state index is -0.325. The van der Waals surface area contributed by atoms with Crippen LogP contribution in [0.2, 0.25) is 0 Å². The van der Waals surface area contributed by atoms with Crippen LogP contribution in [0.1, 0.15) is 44.9 Å². The molecule has 5 N–H and O–H groups in total. The molecular weight excluding hydrogens is 396 g/mol. The van der Waals surface area contributed by atoms with Crippen LogP contribution in [-0.2, 0) is 11.3 Å². The molecule has 0 fully saturated rings. The van der Waals surface area contributed by atoms with Crippen molar-refractivity contribution in [3.05, 3.63) is 30.9 Å². The fraction of sp³-hybridized carbons (Fsp3) is 0.381. The molecule has 0 saturated carbocycles. The lowest BCUT2D eigenvalue weighted by molar-refractivity contribution is -0.129. The number of aryl methyl sites for hydroxylation is 1. The molecule has 0 aliphatic carbocycles. The third-order valence-electron chi connectivity index (χ3n) is 5.38. The number of unbranched alkanes of at least 4 members (excludes halogenated alkanes) is 5. The number of hydrogen-bond acceptors (Lipinski definition) is 7. The zero-order chi connectivity index (χ0) is 21.6. The van der Waals surface area contributed by atoms with Crippen LogP contribution in [0, 0.1) is 0 Å². The maximum Gasteiger partial charge on any atom is 0.243 e. The molecule has 162 valence electrons. The number of nitrogens with zero attached hydrogens (tertiary/aromatic N) is 5. The Morgan fingerprint density at radius 2 is 1.94 bits per heavy atom. The number of nitrogen functional groups attached to an aromatic ring is 1. The molecule has 4 aromatic rings. The fourth-order valence-corrected chi connectivity index (χ4v) is 3.77. The smallest absolute Gasteiger partial charge is 0.243 e. The molecule has 4 aromatic heterocycles. The van der Waals surface area contributed by atoms with E-state index in [9.17, 15) is 4.79 Å². The van der Waals surface area contributed by atoms with Gasteiger partial charge in [-0.25, -0.2) is 25.1 Å². The van der Waals surface area contributed by atoms with Gasteiger partial charge in [-0.15, -0.1) is 0 Å². The zero-order valence-electron chi connectivity index (χ0n) is 17.2. The Hall–Kier alpha value is -3.53. The zero-order valence-corrected chi connectivity index (χ0v) is 17.2. The number of hydrogen-bond donors (Lipinski definition) is 4. The van der Waals surface area contributed by atoms with Gasteiger partial charge in [0.05, 0.1) is 5.39 Å².